The van der Waals surface area contributed by atoms with Crippen molar-refractivity contribution in [1.82, 2.24) is 10.6 Å². The zero-order valence-electron chi connectivity index (χ0n) is 23.0. The molecule has 0 saturated heterocycles. The molecule has 5 rings (SSSR count). The number of thioether (sulfide) groups is 1. The number of halogens is 5. The minimum atomic E-state index is -1.32. The molecule has 0 unspecified atom stereocenters. The molecular weight excluding hydrogens is 618 g/mol. The fourth-order valence-corrected chi connectivity index (χ4v) is 6.36. The van der Waals surface area contributed by atoms with Crippen LogP contribution >= 0.6 is 23.4 Å². The molecule has 0 saturated carbocycles. The lowest BCUT2D eigenvalue weighted by atomic mass is 10.0. The summed E-state index contributed by atoms with van der Waals surface area (Å²) < 4.78 is 56.8. The first-order valence-corrected chi connectivity index (χ1v) is 14.6. The van der Waals surface area contributed by atoms with Crippen LogP contribution in [0.2, 0.25) is 5.02 Å². The molecule has 0 fully saturated rings. The lowest BCUT2D eigenvalue weighted by Gasteiger charge is -2.30. The molecule has 0 spiro atoms. The highest BCUT2D eigenvalue weighted by Crippen LogP contribution is 2.49. The van der Waals surface area contributed by atoms with Gasteiger partial charge in [0.2, 0.25) is 17.7 Å². The summed E-state index contributed by atoms with van der Waals surface area (Å²) in [5.74, 6) is -5.52. The number of nitrogens with one attached hydrogen (secondary N) is 2. The average molecular weight is 642 g/mol. The molecule has 1 heterocycles. The Morgan fingerprint density at radius 2 is 1.61 bits per heavy atom. The largest absolute Gasteiger partial charge is 0.295 e. The molecule has 4 aromatic carbocycles. The van der Waals surface area contributed by atoms with Crippen LogP contribution in [-0.4, -0.2) is 29.8 Å². The quantitative estimate of drug-likeness (QED) is 0.221. The lowest BCUT2D eigenvalue weighted by molar-refractivity contribution is -0.131. The molecule has 0 bridgehead atoms. The first-order valence-electron chi connectivity index (χ1n) is 13.3. The number of anilines is 2. The maximum absolute atomic E-state index is 15.2. The minimum absolute atomic E-state index is 0.0142. The van der Waals surface area contributed by atoms with Gasteiger partial charge in [0.15, 0.2) is 0 Å². The van der Waals surface area contributed by atoms with Crippen molar-refractivity contribution in [3.63, 3.8) is 0 Å². The molecule has 1 aliphatic rings. The number of amides is 3. The molecule has 0 radical (unpaired) electrons. The maximum atomic E-state index is 15.2. The molecule has 12 heteroatoms. The Labute approximate surface area is 259 Å². The standard InChI is InChI=1S/C32H24ClF4N3O3S/c1-17(31(42)39-28(41)13-18-11-21(35)15-22(36)12-18)38-29-30(24-16-20(34)8-9-25(24)37)44-27-10-7-19(33)14-26(27)40(32(29)43)23-5-3-2-4-6-23/h2-12,14-17,29-30,38H,13H2,1H3,(H,39,41,42)/t17-,29-,30+/m0/s1. The van der Waals surface area contributed by atoms with Crippen molar-refractivity contribution < 1.29 is 31.9 Å². The molecule has 6 nitrogen and oxygen atoms in total. The number of fused-ring (bicyclic) bond motifs is 1. The van der Waals surface area contributed by atoms with Crippen molar-refractivity contribution in [2.75, 3.05) is 4.90 Å². The number of benzene rings is 4. The average Bonchev–Trinajstić information content (AvgIpc) is 3.08. The Morgan fingerprint density at radius 1 is 0.909 bits per heavy atom. The van der Waals surface area contributed by atoms with E-state index in [0.29, 0.717) is 27.4 Å². The van der Waals surface area contributed by atoms with Crippen LogP contribution in [0, 0.1) is 23.3 Å². The maximum Gasteiger partial charge on any atom is 0.250 e. The summed E-state index contributed by atoms with van der Waals surface area (Å²) in [5.41, 5.74) is 0.761. The number of carbonyl (C=O) groups excluding carboxylic acids is 3. The van der Waals surface area contributed by atoms with Crippen LogP contribution in [0.1, 0.15) is 23.3 Å². The predicted molar refractivity (Wildman–Crippen MR) is 160 cm³/mol. The Balaban J connectivity index is 1.49. The van der Waals surface area contributed by atoms with Crippen LogP contribution in [0.3, 0.4) is 0 Å². The molecule has 4 aromatic rings. The summed E-state index contributed by atoms with van der Waals surface area (Å²) in [6, 6.07) is 16.4. The lowest BCUT2D eigenvalue weighted by Crippen LogP contribution is -2.54. The van der Waals surface area contributed by atoms with Crippen LogP contribution < -0.4 is 15.5 Å². The highest BCUT2D eigenvalue weighted by Gasteiger charge is 2.41. The van der Waals surface area contributed by atoms with Crippen molar-refractivity contribution in [3.05, 3.63) is 124 Å². The smallest absolute Gasteiger partial charge is 0.250 e. The second kappa shape index (κ2) is 13.2. The number of rotatable bonds is 7. The monoisotopic (exact) mass is 641 g/mol. The normalized spacial score (nSPS) is 17.0. The third kappa shape index (κ3) is 6.96. The summed E-state index contributed by atoms with van der Waals surface area (Å²) >= 11 is 7.40. The van der Waals surface area contributed by atoms with Gasteiger partial charge in [-0.3, -0.25) is 29.9 Å². The molecule has 226 valence electrons. The topological polar surface area (TPSA) is 78.5 Å². The van der Waals surface area contributed by atoms with E-state index >= 15 is 4.39 Å². The SMILES string of the molecule is C[C@H](N[C@@H]1C(=O)N(c2ccccc2)c2cc(Cl)ccc2S[C@@H]1c1cc(F)ccc1F)C(=O)NC(=O)Cc1cc(F)cc(F)c1. The number of hydrogen-bond donors (Lipinski definition) is 2. The summed E-state index contributed by atoms with van der Waals surface area (Å²) in [5, 5.41) is 4.34. The highest BCUT2D eigenvalue weighted by atomic mass is 35.5. The number of nitrogens with zero attached hydrogens (tertiary/aromatic N) is 1. The number of imide groups is 1. The van der Waals surface area contributed by atoms with E-state index in [0.717, 1.165) is 42.1 Å². The van der Waals surface area contributed by atoms with Crippen LogP contribution in [0.15, 0.2) is 89.8 Å². The zero-order valence-corrected chi connectivity index (χ0v) is 24.6. The Kier molecular flexibility index (Phi) is 9.38. The molecule has 44 heavy (non-hydrogen) atoms. The number of hydrogen-bond acceptors (Lipinski definition) is 5. The molecule has 3 atom stereocenters. The Bertz CT molecular complexity index is 1720. The van der Waals surface area contributed by atoms with Crippen molar-refractivity contribution in [2.45, 2.75) is 35.6 Å². The van der Waals surface area contributed by atoms with Gasteiger partial charge in [-0.1, -0.05) is 29.8 Å². The van der Waals surface area contributed by atoms with E-state index in [1.807, 2.05) is 0 Å². The van der Waals surface area contributed by atoms with Gasteiger partial charge in [-0.2, -0.15) is 0 Å². The molecule has 0 aromatic heterocycles. The van der Waals surface area contributed by atoms with E-state index in [4.69, 9.17) is 11.6 Å². The Morgan fingerprint density at radius 3 is 2.32 bits per heavy atom. The zero-order chi connectivity index (χ0) is 31.5. The van der Waals surface area contributed by atoms with Crippen molar-refractivity contribution >= 4 is 52.5 Å². The van der Waals surface area contributed by atoms with Crippen molar-refractivity contribution in [2.24, 2.45) is 0 Å². The van der Waals surface area contributed by atoms with E-state index in [1.54, 1.807) is 48.5 Å². The molecule has 1 aliphatic heterocycles. The van der Waals surface area contributed by atoms with Gasteiger partial charge >= 0.3 is 0 Å². The minimum Gasteiger partial charge on any atom is -0.295 e. The van der Waals surface area contributed by atoms with E-state index in [9.17, 15) is 27.6 Å². The van der Waals surface area contributed by atoms with Crippen molar-refractivity contribution in [3.8, 4) is 0 Å². The fraction of sp³-hybridized carbons (Fsp3) is 0.156. The van der Waals surface area contributed by atoms with Gasteiger partial charge in [0.1, 0.15) is 29.3 Å². The third-order valence-corrected chi connectivity index (χ3v) is 8.47. The van der Waals surface area contributed by atoms with Crippen LogP contribution in [0.5, 0.6) is 0 Å². The van der Waals surface area contributed by atoms with Crippen LogP contribution in [0.4, 0.5) is 28.9 Å². The van der Waals surface area contributed by atoms with E-state index < -0.39 is 64.7 Å². The van der Waals surface area contributed by atoms with Gasteiger partial charge in [-0.15, -0.1) is 11.8 Å². The van der Waals surface area contributed by atoms with Gasteiger partial charge in [0, 0.05) is 27.2 Å². The van der Waals surface area contributed by atoms with Gasteiger partial charge in [-0.25, -0.2) is 17.6 Å². The number of carbonyl (C=O) groups is 3. The summed E-state index contributed by atoms with van der Waals surface area (Å²) in [6.45, 7) is 1.39. The van der Waals surface area contributed by atoms with Gasteiger partial charge < -0.3 is 0 Å². The molecule has 3 amide bonds. The molecule has 2 N–H and O–H groups in total. The summed E-state index contributed by atoms with van der Waals surface area (Å²) in [4.78, 5) is 42.0. The summed E-state index contributed by atoms with van der Waals surface area (Å²) in [7, 11) is 0. The highest BCUT2D eigenvalue weighted by molar-refractivity contribution is 7.99. The molecular formula is C32H24ClF4N3O3S. The van der Waals surface area contributed by atoms with Gasteiger partial charge in [-0.05, 0) is 73.2 Å². The predicted octanol–water partition coefficient (Wildman–Crippen LogP) is 6.64. The number of para-hydroxylation sites is 1. The second-order valence-electron chi connectivity index (χ2n) is 10.1. The van der Waals surface area contributed by atoms with Crippen molar-refractivity contribution in [1.29, 1.82) is 0 Å². The first kappa shape index (κ1) is 31.2. The van der Waals surface area contributed by atoms with E-state index in [2.05, 4.69) is 10.6 Å². The van der Waals surface area contributed by atoms with Gasteiger partial charge in [0.05, 0.1) is 23.4 Å². The van der Waals surface area contributed by atoms with Crippen LogP contribution in [0.25, 0.3) is 0 Å². The summed E-state index contributed by atoms with van der Waals surface area (Å²) in [6.07, 6.45) is -0.486. The second-order valence-corrected chi connectivity index (χ2v) is 11.7. The van der Waals surface area contributed by atoms with E-state index in [-0.39, 0.29) is 11.1 Å². The fourth-order valence-electron chi connectivity index (χ4n) is 4.87. The molecule has 0 aliphatic carbocycles. The third-order valence-electron chi connectivity index (χ3n) is 6.86. The van der Waals surface area contributed by atoms with Crippen LogP contribution in [-0.2, 0) is 20.8 Å². The van der Waals surface area contributed by atoms with E-state index in [1.165, 1.54) is 11.8 Å². The Hall–Kier alpha value is -4.19. The van der Waals surface area contributed by atoms with Gasteiger partial charge in [0.25, 0.3) is 0 Å². The first-order chi connectivity index (χ1) is 21.0.